The third kappa shape index (κ3) is 4.16. The third-order valence-corrected chi connectivity index (χ3v) is 8.23. The van der Waals surface area contributed by atoms with E-state index in [1.807, 2.05) is 26.0 Å². The van der Waals surface area contributed by atoms with Gasteiger partial charge in [0.15, 0.2) is 0 Å². The molecule has 7 heteroatoms. The number of sulfonamides is 1. The van der Waals surface area contributed by atoms with Crippen molar-refractivity contribution in [2.24, 2.45) is 0 Å². The predicted molar refractivity (Wildman–Crippen MR) is 119 cm³/mol. The molecule has 1 saturated carbocycles. The van der Waals surface area contributed by atoms with Gasteiger partial charge in [-0.3, -0.25) is 9.59 Å². The minimum Gasteiger partial charge on any atom is -0.274 e. The lowest BCUT2D eigenvalue weighted by atomic mass is 9.94. The molecule has 2 aromatic rings. The maximum Gasteiger partial charge on any atom is 0.252 e. The number of imide groups is 1. The predicted octanol–water partition coefficient (Wildman–Crippen LogP) is 3.96. The van der Waals surface area contributed by atoms with E-state index in [0.717, 1.165) is 35.3 Å². The Hall–Kier alpha value is -2.51. The second-order valence-electron chi connectivity index (χ2n) is 8.56. The Balaban J connectivity index is 1.73. The average molecular weight is 441 g/mol. The fourth-order valence-corrected chi connectivity index (χ4v) is 6.39. The topological polar surface area (TPSA) is 74.8 Å². The smallest absolute Gasteiger partial charge is 0.252 e. The molecule has 1 heterocycles. The van der Waals surface area contributed by atoms with Crippen molar-refractivity contribution in [3.63, 3.8) is 0 Å². The van der Waals surface area contributed by atoms with E-state index in [1.165, 1.54) is 4.31 Å². The summed E-state index contributed by atoms with van der Waals surface area (Å²) in [4.78, 5) is 27.6. The lowest BCUT2D eigenvalue weighted by Gasteiger charge is -2.36. The molecule has 2 aromatic carbocycles. The molecule has 1 saturated heterocycles. The maximum absolute atomic E-state index is 13.7. The van der Waals surface area contributed by atoms with E-state index in [0.29, 0.717) is 18.5 Å². The number of aryl methyl sites for hydroxylation is 2. The molecular formula is C24H28N2O4S. The van der Waals surface area contributed by atoms with Crippen molar-refractivity contribution in [1.29, 1.82) is 0 Å². The minimum absolute atomic E-state index is 0.131. The van der Waals surface area contributed by atoms with Crippen LogP contribution < -0.4 is 4.90 Å². The van der Waals surface area contributed by atoms with Crippen LogP contribution in [-0.4, -0.2) is 36.6 Å². The van der Waals surface area contributed by atoms with Crippen LogP contribution in [-0.2, 0) is 19.6 Å². The first-order valence-electron chi connectivity index (χ1n) is 10.8. The molecule has 31 heavy (non-hydrogen) atoms. The van der Waals surface area contributed by atoms with E-state index in [1.54, 1.807) is 36.4 Å². The van der Waals surface area contributed by atoms with Gasteiger partial charge in [-0.2, -0.15) is 4.31 Å². The summed E-state index contributed by atoms with van der Waals surface area (Å²) in [7, 11) is -3.94. The lowest BCUT2D eigenvalue weighted by Crippen LogP contribution is -2.51. The highest BCUT2D eigenvalue weighted by atomic mass is 32.2. The van der Waals surface area contributed by atoms with Crippen LogP contribution in [0.25, 0.3) is 0 Å². The van der Waals surface area contributed by atoms with Crippen LogP contribution in [0.3, 0.4) is 0 Å². The SMILES string of the molecule is Cc1ccc(N2C(=O)CC(N(C3CCCCC3)S(=O)(=O)c3ccc(C)cc3)C2=O)cc1. The van der Waals surface area contributed by atoms with Gasteiger partial charge in [0.05, 0.1) is 17.0 Å². The fraction of sp³-hybridized carbons (Fsp3) is 0.417. The first kappa shape index (κ1) is 21.7. The number of benzene rings is 2. The number of hydrogen-bond acceptors (Lipinski definition) is 4. The van der Waals surface area contributed by atoms with Gasteiger partial charge in [0.25, 0.3) is 5.91 Å². The maximum atomic E-state index is 13.7. The highest BCUT2D eigenvalue weighted by Gasteiger charge is 2.49. The van der Waals surface area contributed by atoms with E-state index in [-0.39, 0.29) is 23.3 Å². The van der Waals surface area contributed by atoms with E-state index in [4.69, 9.17) is 0 Å². The number of rotatable bonds is 5. The van der Waals surface area contributed by atoms with Crippen LogP contribution in [0.15, 0.2) is 53.4 Å². The Kier molecular flexibility index (Phi) is 5.99. The summed E-state index contributed by atoms with van der Waals surface area (Å²) in [6.45, 7) is 3.83. The van der Waals surface area contributed by atoms with Crippen molar-refractivity contribution < 1.29 is 18.0 Å². The van der Waals surface area contributed by atoms with Gasteiger partial charge >= 0.3 is 0 Å². The van der Waals surface area contributed by atoms with E-state index in [9.17, 15) is 18.0 Å². The fourth-order valence-electron chi connectivity index (χ4n) is 4.57. The number of amides is 2. The van der Waals surface area contributed by atoms with E-state index < -0.39 is 22.0 Å². The number of hydrogen-bond donors (Lipinski definition) is 0. The lowest BCUT2D eigenvalue weighted by molar-refractivity contribution is -0.122. The molecule has 0 radical (unpaired) electrons. The summed E-state index contributed by atoms with van der Waals surface area (Å²) in [6, 6.07) is 12.5. The molecule has 6 nitrogen and oxygen atoms in total. The van der Waals surface area contributed by atoms with Gasteiger partial charge in [0.2, 0.25) is 15.9 Å². The summed E-state index contributed by atoms with van der Waals surface area (Å²) < 4.78 is 28.8. The Morgan fingerprint density at radius 1 is 0.839 bits per heavy atom. The molecule has 164 valence electrons. The third-order valence-electron chi connectivity index (χ3n) is 6.25. The molecule has 1 aliphatic heterocycles. The molecule has 1 atom stereocenters. The molecule has 4 rings (SSSR count). The molecule has 0 bridgehead atoms. The number of anilines is 1. The molecule has 2 aliphatic rings. The van der Waals surface area contributed by atoms with Gasteiger partial charge in [-0.25, -0.2) is 13.3 Å². The van der Waals surface area contributed by atoms with Crippen LogP contribution in [0.2, 0.25) is 0 Å². The first-order chi connectivity index (χ1) is 14.8. The Bertz CT molecular complexity index is 1070. The van der Waals surface area contributed by atoms with Gasteiger partial charge in [-0.15, -0.1) is 0 Å². The molecule has 0 aromatic heterocycles. The molecular weight excluding hydrogens is 412 g/mol. The Morgan fingerprint density at radius 3 is 1.97 bits per heavy atom. The first-order valence-corrected chi connectivity index (χ1v) is 12.3. The average Bonchev–Trinajstić information content (AvgIpc) is 3.03. The van der Waals surface area contributed by atoms with Gasteiger partial charge in [-0.1, -0.05) is 54.7 Å². The molecule has 1 aliphatic carbocycles. The summed E-state index contributed by atoms with van der Waals surface area (Å²) >= 11 is 0. The number of nitrogens with zero attached hydrogens (tertiary/aromatic N) is 2. The van der Waals surface area contributed by atoms with Crippen molar-refractivity contribution in [2.75, 3.05) is 4.90 Å². The normalized spacial score (nSPS) is 20.6. The van der Waals surface area contributed by atoms with Crippen molar-refractivity contribution in [1.82, 2.24) is 4.31 Å². The van der Waals surface area contributed by atoms with Crippen molar-refractivity contribution in [2.45, 2.75) is 69.4 Å². The van der Waals surface area contributed by atoms with Gasteiger partial charge in [-0.05, 0) is 51.0 Å². The zero-order valence-corrected chi connectivity index (χ0v) is 18.8. The van der Waals surface area contributed by atoms with Crippen molar-refractivity contribution in [3.8, 4) is 0 Å². The van der Waals surface area contributed by atoms with E-state index in [2.05, 4.69) is 0 Å². The molecule has 2 amide bonds. The second-order valence-corrected chi connectivity index (χ2v) is 10.4. The number of carbonyl (C=O) groups excluding carboxylic acids is 2. The van der Waals surface area contributed by atoms with Crippen molar-refractivity contribution in [3.05, 3.63) is 59.7 Å². The van der Waals surface area contributed by atoms with Gasteiger partial charge < -0.3 is 0 Å². The summed E-state index contributed by atoms with van der Waals surface area (Å²) in [5.74, 6) is -0.825. The zero-order valence-electron chi connectivity index (χ0n) is 18.0. The van der Waals surface area contributed by atoms with Crippen LogP contribution in [0, 0.1) is 13.8 Å². The summed E-state index contributed by atoms with van der Waals surface area (Å²) in [6.07, 6.45) is 4.17. The standard InChI is InChI=1S/C24H28N2O4S/c1-17-8-12-19(13-9-17)25-23(27)16-22(24(25)28)26(20-6-4-3-5-7-20)31(29,30)21-14-10-18(2)11-15-21/h8-15,20,22H,3-7,16H2,1-2H3. The monoisotopic (exact) mass is 440 g/mol. The summed E-state index contributed by atoms with van der Waals surface area (Å²) in [5.41, 5.74) is 2.46. The largest absolute Gasteiger partial charge is 0.274 e. The quantitative estimate of drug-likeness (QED) is 0.660. The number of carbonyl (C=O) groups is 2. The van der Waals surface area contributed by atoms with Gasteiger partial charge in [0, 0.05) is 6.04 Å². The zero-order chi connectivity index (χ0) is 22.2. The minimum atomic E-state index is -3.94. The Morgan fingerprint density at radius 2 is 1.39 bits per heavy atom. The van der Waals surface area contributed by atoms with Crippen LogP contribution >= 0.6 is 0 Å². The van der Waals surface area contributed by atoms with Crippen LogP contribution in [0.1, 0.15) is 49.7 Å². The van der Waals surface area contributed by atoms with Crippen LogP contribution in [0.4, 0.5) is 5.69 Å². The highest BCUT2D eigenvalue weighted by molar-refractivity contribution is 7.89. The molecule has 0 spiro atoms. The molecule has 1 unspecified atom stereocenters. The summed E-state index contributed by atoms with van der Waals surface area (Å²) in [5, 5.41) is 0. The second kappa shape index (κ2) is 8.55. The Labute approximate surface area is 183 Å². The highest BCUT2D eigenvalue weighted by Crippen LogP contribution is 2.35. The van der Waals surface area contributed by atoms with Gasteiger partial charge in [0.1, 0.15) is 6.04 Å². The van der Waals surface area contributed by atoms with E-state index >= 15 is 0 Å². The molecule has 2 fully saturated rings. The molecule has 0 N–H and O–H groups in total. The van der Waals surface area contributed by atoms with Crippen LogP contribution in [0.5, 0.6) is 0 Å². The van der Waals surface area contributed by atoms with Crippen molar-refractivity contribution >= 4 is 27.5 Å².